The molecule has 3 N–H and O–H groups in total. The molecule has 1 saturated carbocycles. The molecule has 1 fully saturated rings. The Balaban J connectivity index is 1.81. The molecule has 0 saturated heterocycles. The second kappa shape index (κ2) is 11.9. The molecule has 4 rings (SSSR count). The van der Waals surface area contributed by atoms with Gasteiger partial charge in [-0.25, -0.2) is 13.4 Å². The Hall–Kier alpha value is -2.58. The van der Waals surface area contributed by atoms with E-state index in [9.17, 15) is 36.6 Å². The van der Waals surface area contributed by atoms with E-state index in [0.29, 0.717) is 33.9 Å². The molecule has 3 aromatic rings. The van der Waals surface area contributed by atoms with E-state index in [4.69, 9.17) is 0 Å². The van der Waals surface area contributed by atoms with Crippen molar-refractivity contribution in [2.75, 3.05) is 26.3 Å². The van der Waals surface area contributed by atoms with E-state index in [0.717, 1.165) is 37.5 Å². The lowest BCUT2D eigenvalue weighted by molar-refractivity contribution is -0.147. The summed E-state index contributed by atoms with van der Waals surface area (Å²) in [7, 11) is -4.51. The van der Waals surface area contributed by atoms with Crippen LogP contribution < -0.4 is 4.72 Å². The Bertz CT molecular complexity index is 1430. The molecule has 1 aliphatic carbocycles. The monoisotopic (exact) mass is 585 g/mol. The molecule has 13 heteroatoms. The number of rotatable bonds is 11. The quantitative estimate of drug-likeness (QED) is 0.314. The molecule has 0 aliphatic heterocycles. The smallest absolute Gasteiger partial charge is 0.395 e. The number of sulfonamides is 1. The van der Waals surface area contributed by atoms with Crippen LogP contribution in [-0.2, 0) is 16.4 Å². The zero-order valence-electron chi connectivity index (χ0n) is 21.2. The molecule has 1 atom stereocenters. The summed E-state index contributed by atoms with van der Waals surface area (Å²) in [6, 6.07) is 7.09. The molecule has 1 aromatic heterocycles. The first-order valence-corrected chi connectivity index (χ1v) is 14.9. The fourth-order valence-corrected chi connectivity index (χ4v) is 7.06. The molecule has 1 heterocycles. The molecule has 0 bridgehead atoms. The van der Waals surface area contributed by atoms with Crippen molar-refractivity contribution < 1.29 is 36.6 Å². The molecule has 0 unspecified atom stereocenters. The molecule has 2 aromatic carbocycles. The molecule has 8 nitrogen and oxygen atoms in total. The molecule has 1 amide bonds. The number of hydrogen-bond acceptors (Lipinski definition) is 7. The fraction of sp³-hybridized carbons (Fsp3) is 0.462. The number of hydrogen-bond donors (Lipinski definition) is 3. The minimum absolute atomic E-state index is 0.0328. The van der Waals surface area contributed by atoms with Crippen molar-refractivity contribution in [1.82, 2.24) is 14.6 Å². The lowest BCUT2D eigenvalue weighted by Gasteiger charge is -2.25. The first kappa shape index (κ1) is 29.4. The topological polar surface area (TPSA) is 120 Å². The van der Waals surface area contributed by atoms with Crippen LogP contribution >= 0.6 is 11.3 Å². The summed E-state index contributed by atoms with van der Waals surface area (Å²) in [4.78, 5) is 19.6. The standard InChI is InChI=1S/C26H30F3N3O5S2/c1-16(26(27,28)29)31-39(36,37)22-10-9-20(18-7-2-3-8-19(18)22)23-21(15-17-5-4-6-17)30-24(38-23)25(35)32(11-13-33)12-14-34/h2-3,7-10,16-17,31,33-34H,4-6,11-15H2,1H3/t16-/m0/s1. The summed E-state index contributed by atoms with van der Waals surface area (Å²) in [5.41, 5.74) is 1.31. The number of thiazole rings is 1. The number of aliphatic hydroxyl groups is 2. The van der Waals surface area contributed by atoms with Gasteiger partial charge in [-0.15, -0.1) is 11.3 Å². The van der Waals surface area contributed by atoms with Gasteiger partial charge in [0.25, 0.3) is 5.91 Å². The van der Waals surface area contributed by atoms with Gasteiger partial charge in [-0.1, -0.05) is 49.6 Å². The number of alkyl halides is 3. The Morgan fingerprint density at radius 1 is 1.13 bits per heavy atom. The van der Waals surface area contributed by atoms with Crippen LogP contribution in [0, 0.1) is 5.92 Å². The van der Waals surface area contributed by atoms with E-state index >= 15 is 0 Å². The van der Waals surface area contributed by atoms with Crippen molar-refractivity contribution >= 4 is 38.0 Å². The normalized spacial score (nSPS) is 15.3. The highest BCUT2D eigenvalue weighted by Crippen LogP contribution is 2.41. The third kappa shape index (κ3) is 6.43. The van der Waals surface area contributed by atoms with Crippen molar-refractivity contribution in [3.05, 3.63) is 47.1 Å². The molecular weight excluding hydrogens is 555 g/mol. The van der Waals surface area contributed by atoms with Crippen molar-refractivity contribution in [3.63, 3.8) is 0 Å². The lowest BCUT2D eigenvalue weighted by Crippen LogP contribution is -2.43. The van der Waals surface area contributed by atoms with Gasteiger partial charge in [0.2, 0.25) is 10.0 Å². The van der Waals surface area contributed by atoms with E-state index in [1.807, 2.05) is 0 Å². The Kier molecular flexibility index (Phi) is 8.96. The molecule has 1 aliphatic rings. The van der Waals surface area contributed by atoms with Crippen LogP contribution in [0.15, 0.2) is 41.3 Å². The van der Waals surface area contributed by atoms with Gasteiger partial charge >= 0.3 is 6.18 Å². The van der Waals surface area contributed by atoms with Gasteiger partial charge in [0.05, 0.1) is 28.7 Å². The predicted octanol–water partition coefficient (Wildman–Crippen LogP) is 3.96. The highest BCUT2D eigenvalue weighted by Gasteiger charge is 2.39. The number of aromatic nitrogens is 1. The Labute approximate surface area is 228 Å². The summed E-state index contributed by atoms with van der Waals surface area (Å²) >= 11 is 1.14. The van der Waals surface area contributed by atoms with Crippen molar-refractivity contribution in [3.8, 4) is 10.4 Å². The number of nitrogens with one attached hydrogen (secondary N) is 1. The second-order valence-corrected chi connectivity index (χ2v) is 12.3. The van der Waals surface area contributed by atoms with Crippen LogP contribution in [0.5, 0.6) is 0 Å². The first-order chi connectivity index (χ1) is 18.5. The Morgan fingerprint density at radius 3 is 2.33 bits per heavy atom. The highest BCUT2D eigenvalue weighted by atomic mass is 32.2. The number of carbonyl (C=O) groups is 1. The lowest BCUT2D eigenvalue weighted by atomic mass is 9.81. The summed E-state index contributed by atoms with van der Waals surface area (Å²) in [6.07, 6.45) is -0.955. The summed E-state index contributed by atoms with van der Waals surface area (Å²) in [5.74, 6) is -0.0307. The third-order valence-corrected chi connectivity index (χ3v) is 9.57. The van der Waals surface area contributed by atoms with E-state index in [2.05, 4.69) is 4.98 Å². The minimum Gasteiger partial charge on any atom is -0.395 e. The van der Waals surface area contributed by atoms with Gasteiger partial charge in [0.1, 0.15) is 6.04 Å². The van der Waals surface area contributed by atoms with Gasteiger partial charge in [-0.2, -0.15) is 17.9 Å². The first-order valence-electron chi connectivity index (χ1n) is 12.6. The van der Waals surface area contributed by atoms with E-state index in [1.54, 1.807) is 29.0 Å². The fourth-order valence-electron chi connectivity index (χ4n) is 4.52. The number of benzene rings is 2. The maximum absolute atomic E-state index is 13.2. The van der Waals surface area contributed by atoms with Crippen LogP contribution in [-0.4, -0.2) is 72.9 Å². The molecule has 0 spiro atoms. The zero-order chi connectivity index (χ0) is 28.4. The molecule has 212 valence electrons. The Morgan fingerprint density at radius 2 is 1.77 bits per heavy atom. The van der Waals surface area contributed by atoms with E-state index in [1.165, 1.54) is 17.0 Å². The van der Waals surface area contributed by atoms with Gasteiger partial charge in [-0.05, 0) is 30.7 Å². The predicted molar refractivity (Wildman–Crippen MR) is 142 cm³/mol. The average Bonchev–Trinajstić information content (AvgIpc) is 3.27. The zero-order valence-corrected chi connectivity index (χ0v) is 22.9. The van der Waals surface area contributed by atoms with E-state index < -0.39 is 28.1 Å². The van der Waals surface area contributed by atoms with Gasteiger partial charge in [0.15, 0.2) is 5.01 Å². The summed E-state index contributed by atoms with van der Waals surface area (Å²) in [6.45, 7) is 0.255. The number of carbonyl (C=O) groups excluding carboxylic acids is 1. The number of nitrogens with zero attached hydrogens (tertiary/aromatic N) is 2. The molecular formula is C26H30F3N3O5S2. The van der Waals surface area contributed by atoms with Crippen molar-refractivity contribution in [2.45, 2.75) is 49.7 Å². The number of fused-ring (bicyclic) bond motifs is 1. The van der Waals surface area contributed by atoms with Crippen LogP contribution in [0.2, 0.25) is 0 Å². The number of aliphatic hydroxyl groups excluding tert-OH is 2. The van der Waals surface area contributed by atoms with E-state index in [-0.39, 0.29) is 41.6 Å². The van der Waals surface area contributed by atoms with Crippen molar-refractivity contribution in [2.24, 2.45) is 5.92 Å². The van der Waals surface area contributed by atoms with Crippen molar-refractivity contribution in [1.29, 1.82) is 0 Å². The minimum atomic E-state index is -4.75. The summed E-state index contributed by atoms with van der Waals surface area (Å²) in [5, 5.41) is 19.6. The van der Waals surface area contributed by atoms with Gasteiger partial charge in [0, 0.05) is 24.0 Å². The van der Waals surface area contributed by atoms with Gasteiger partial charge in [-0.3, -0.25) is 4.79 Å². The summed E-state index contributed by atoms with van der Waals surface area (Å²) < 4.78 is 67.0. The average molecular weight is 586 g/mol. The maximum atomic E-state index is 13.2. The molecule has 0 radical (unpaired) electrons. The second-order valence-electron chi connectivity index (χ2n) is 9.58. The van der Waals surface area contributed by atoms with Crippen LogP contribution in [0.3, 0.4) is 0 Å². The maximum Gasteiger partial charge on any atom is 0.404 e. The van der Waals surface area contributed by atoms with Crippen LogP contribution in [0.4, 0.5) is 13.2 Å². The highest BCUT2D eigenvalue weighted by molar-refractivity contribution is 7.89. The van der Waals surface area contributed by atoms with Gasteiger partial charge < -0.3 is 15.1 Å². The SMILES string of the molecule is C[C@H](NS(=O)(=O)c1ccc(-c2sc(C(=O)N(CCO)CCO)nc2CC2CCC2)c2ccccc12)C(F)(F)F. The number of halogens is 3. The van der Waals surface area contributed by atoms with Crippen LogP contribution in [0.1, 0.15) is 41.7 Å². The molecule has 39 heavy (non-hydrogen) atoms. The third-order valence-electron chi connectivity index (χ3n) is 6.86. The van der Waals surface area contributed by atoms with Crippen LogP contribution in [0.25, 0.3) is 21.2 Å². The largest absolute Gasteiger partial charge is 0.404 e. The number of amides is 1.